The molecule has 3 rings (SSSR count). The first-order chi connectivity index (χ1) is 9.24. The topological polar surface area (TPSA) is 59.4 Å². The minimum Gasteiger partial charge on any atom is -0.477 e. The molecule has 2 aliphatic carbocycles. The first-order valence-corrected chi connectivity index (χ1v) is 7.13. The van der Waals surface area contributed by atoms with E-state index in [-0.39, 0.29) is 5.56 Å². The number of aryl methyl sites for hydroxylation is 2. The van der Waals surface area contributed by atoms with Crippen molar-refractivity contribution in [3.8, 4) is 5.88 Å². The Morgan fingerprint density at radius 1 is 1.32 bits per heavy atom. The lowest BCUT2D eigenvalue weighted by Gasteiger charge is -2.13. The van der Waals surface area contributed by atoms with Gasteiger partial charge in [-0.15, -0.1) is 0 Å². The average Bonchev–Trinajstić information content (AvgIpc) is 3.05. The molecule has 0 aromatic carbocycles. The van der Waals surface area contributed by atoms with E-state index >= 15 is 0 Å². The number of carboxylic acid groups (broad SMARTS) is 1. The summed E-state index contributed by atoms with van der Waals surface area (Å²) in [6, 6.07) is 1.75. The zero-order chi connectivity index (χ0) is 13.2. The van der Waals surface area contributed by atoms with E-state index in [2.05, 4.69) is 4.98 Å². The fourth-order valence-corrected chi connectivity index (χ4v) is 3.09. The van der Waals surface area contributed by atoms with Gasteiger partial charge in [-0.2, -0.15) is 0 Å². The van der Waals surface area contributed by atoms with Gasteiger partial charge < -0.3 is 9.84 Å². The first kappa shape index (κ1) is 12.5. The van der Waals surface area contributed by atoms with Gasteiger partial charge in [0.1, 0.15) is 5.56 Å². The summed E-state index contributed by atoms with van der Waals surface area (Å²) >= 11 is 0. The van der Waals surface area contributed by atoms with E-state index in [9.17, 15) is 9.90 Å². The molecular weight excluding hydrogens is 242 g/mol. The van der Waals surface area contributed by atoms with Crippen LogP contribution in [0.25, 0.3) is 0 Å². The molecule has 4 heteroatoms. The number of nitrogens with zero attached hydrogens (tertiary/aromatic N) is 1. The highest BCUT2D eigenvalue weighted by Crippen LogP contribution is 2.29. The van der Waals surface area contributed by atoms with Crippen LogP contribution in [0.3, 0.4) is 0 Å². The Kier molecular flexibility index (Phi) is 3.40. The second-order valence-electron chi connectivity index (χ2n) is 5.57. The molecule has 1 heterocycles. The number of aromatic carboxylic acids is 1. The lowest BCUT2D eigenvalue weighted by atomic mass is 10.1. The molecule has 19 heavy (non-hydrogen) atoms. The zero-order valence-electron chi connectivity index (χ0n) is 11.0. The maximum absolute atomic E-state index is 11.3. The Labute approximate surface area is 112 Å². The Morgan fingerprint density at radius 3 is 2.84 bits per heavy atom. The van der Waals surface area contributed by atoms with Crippen molar-refractivity contribution in [3.63, 3.8) is 0 Å². The van der Waals surface area contributed by atoms with Gasteiger partial charge in [0.2, 0.25) is 5.88 Å². The fourth-order valence-electron chi connectivity index (χ4n) is 3.09. The predicted molar refractivity (Wildman–Crippen MR) is 70.7 cm³/mol. The normalized spacial score (nSPS) is 18.5. The van der Waals surface area contributed by atoms with Gasteiger partial charge in [0.15, 0.2) is 0 Å². The monoisotopic (exact) mass is 261 g/mol. The molecule has 0 amide bonds. The highest BCUT2D eigenvalue weighted by molar-refractivity contribution is 5.90. The van der Waals surface area contributed by atoms with Crippen molar-refractivity contribution in [1.29, 1.82) is 0 Å². The van der Waals surface area contributed by atoms with E-state index < -0.39 is 5.97 Å². The average molecular weight is 261 g/mol. The number of carboxylic acids is 1. The Hall–Kier alpha value is -1.58. The Morgan fingerprint density at radius 2 is 2.11 bits per heavy atom. The van der Waals surface area contributed by atoms with Gasteiger partial charge in [-0.1, -0.05) is 12.8 Å². The second-order valence-corrected chi connectivity index (χ2v) is 5.57. The SMILES string of the molecule is O=C(O)c1cc2c(nc1OCC1CCCC1)CCC2. The summed E-state index contributed by atoms with van der Waals surface area (Å²) in [6.45, 7) is 0.603. The molecule has 0 radical (unpaired) electrons. The Balaban J connectivity index is 1.80. The zero-order valence-corrected chi connectivity index (χ0v) is 11.0. The largest absolute Gasteiger partial charge is 0.477 e. The summed E-state index contributed by atoms with van der Waals surface area (Å²) in [4.78, 5) is 15.7. The summed E-state index contributed by atoms with van der Waals surface area (Å²) < 4.78 is 5.72. The molecule has 0 bridgehead atoms. The summed E-state index contributed by atoms with van der Waals surface area (Å²) in [7, 11) is 0. The molecule has 4 nitrogen and oxygen atoms in total. The molecule has 0 saturated heterocycles. The van der Waals surface area contributed by atoms with Crippen LogP contribution in [-0.4, -0.2) is 22.7 Å². The number of pyridine rings is 1. The molecular formula is C15H19NO3. The van der Waals surface area contributed by atoms with Crippen LogP contribution in [0.2, 0.25) is 0 Å². The molecule has 0 unspecified atom stereocenters. The number of aromatic nitrogens is 1. The summed E-state index contributed by atoms with van der Waals surface area (Å²) in [5.74, 6) is -0.0552. The van der Waals surface area contributed by atoms with Crippen LogP contribution in [0.5, 0.6) is 5.88 Å². The van der Waals surface area contributed by atoms with Crippen molar-refractivity contribution in [2.24, 2.45) is 5.92 Å². The highest BCUT2D eigenvalue weighted by Gasteiger charge is 2.22. The quantitative estimate of drug-likeness (QED) is 0.905. The van der Waals surface area contributed by atoms with Gasteiger partial charge in [0.05, 0.1) is 6.61 Å². The number of hydrogen-bond acceptors (Lipinski definition) is 3. The minimum absolute atomic E-state index is 0.221. The van der Waals surface area contributed by atoms with Gasteiger partial charge in [-0.25, -0.2) is 9.78 Å². The third-order valence-electron chi connectivity index (χ3n) is 4.18. The maximum Gasteiger partial charge on any atom is 0.341 e. The maximum atomic E-state index is 11.3. The molecule has 0 spiro atoms. The molecule has 1 aromatic heterocycles. The van der Waals surface area contributed by atoms with Crippen LogP contribution in [0.4, 0.5) is 0 Å². The Bertz CT molecular complexity index is 492. The molecule has 1 saturated carbocycles. The summed E-state index contributed by atoms with van der Waals surface area (Å²) in [6.07, 6.45) is 7.84. The van der Waals surface area contributed by atoms with Crippen molar-refractivity contribution < 1.29 is 14.6 Å². The van der Waals surface area contributed by atoms with Crippen LogP contribution in [-0.2, 0) is 12.8 Å². The van der Waals surface area contributed by atoms with Crippen LogP contribution in [0, 0.1) is 5.92 Å². The third-order valence-corrected chi connectivity index (χ3v) is 4.18. The van der Waals surface area contributed by atoms with Crippen LogP contribution < -0.4 is 4.74 Å². The van der Waals surface area contributed by atoms with Crippen LogP contribution >= 0.6 is 0 Å². The first-order valence-electron chi connectivity index (χ1n) is 7.13. The van der Waals surface area contributed by atoms with E-state index in [1.54, 1.807) is 6.07 Å². The molecule has 102 valence electrons. The summed E-state index contributed by atoms with van der Waals surface area (Å²) in [5, 5.41) is 9.27. The van der Waals surface area contributed by atoms with E-state index in [0.717, 1.165) is 30.5 Å². The van der Waals surface area contributed by atoms with Crippen molar-refractivity contribution in [3.05, 3.63) is 22.9 Å². The number of fused-ring (bicyclic) bond motifs is 1. The highest BCUT2D eigenvalue weighted by atomic mass is 16.5. The van der Waals surface area contributed by atoms with E-state index in [1.807, 2.05) is 0 Å². The van der Waals surface area contributed by atoms with Crippen molar-refractivity contribution in [2.75, 3.05) is 6.61 Å². The summed E-state index contributed by atoms with van der Waals surface area (Å²) in [5.41, 5.74) is 2.32. The van der Waals surface area contributed by atoms with Crippen molar-refractivity contribution in [2.45, 2.75) is 44.9 Å². The van der Waals surface area contributed by atoms with Crippen LogP contribution in [0.15, 0.2) is 6.07 Å². The van der Waals surface area contributed by atoms with Gasteiger partial charge in [0.25, 0.3) is 0 Å². The fraction of sp³-hybridized carbons (Fsp3) is 0.600. The molecule has 1 aromatic rings. The number of hydrogen-bond donors (Lipinski definition) is 1. The number of ether oxygens (including phenoxy) is 1. The minimum atomic E-state index is -0.941. The molecule has 1 fully saturated rings. The van der Waals surface area contributed by atoms with E-state index in [4.69, 9.17) is 4.74 Å². The van der Waals surface area contributed by atoms with Gasteiger partial charge in [-0.3, -0.25) is 0 Å². The van der Waals surface area contributed by atoms with Crippen molar-refractivity contribution >= 4 is 5.97 Å². The standard InChI is InChI=1S/C15H19NO3/c17-15(18)12-8-11-6-3-7-13(11)16-14(12)19-9-10-4-1-2-5-10/h8,10H,1-7,9H2,(H,17,18). The van der Waals surface area contributed by atoms with Gasteiger partial charge in [-0.05, 0) is 49.7 Å². The lowest BCUT2D eigenvalue weighted by molar-refractivity contribution is 0.0690. The molecule has 0 aliphatic heterocycles. The van der Waals surface area contributed by atoms with E-state index in [0.29, 0.717) is 18.4 Å². The van der Waals surface area contributed by atoms with Gasteiger partial charge >= 0.3 is 5.97 Å². The lowest BCUT2D eigenvalue weighted by Crippen LogP contribution is -2.13. The predicted octanol–water partition coefficient (Wildman–Crippen LogP) is 2.84. The molecule has 1 N–H and O–H groups in total. The van der Waals surface area contributed by atoms with Crippen LogP contribution in [0.1, 0.15) is 53.7 Å². The third kappa shape index (κ3) is 2.57. The molecule has 0 atom stereocenters. The smallest absolute Gasteiger partial charge is 0.341 e. The number of carbonyl (C=O) groups is 1. The van der Waals surface area contributed by atoms with Crippen molar-refractivity contribution in [1.82, 2.24) is 4.98 Å². The van der Waals surface area contributed by atoms with E-state index in [1.165, 1.54) is 25.7 Å². The second kappa shape index (κ2) is 5.19. The number of rotatable bonds is 4. The molecule has 2 aliphatic rings. The van der Waals surface area contributed by atoms with Gasteiger partial charge in [0, 0.05) is 5.69 Å².